The van der Waals surface area contributed by atoms with E-state index in [-0.39, 0.29) is 29.1 Å². The quantitative estimate of drug-likeness (QED) is 0.262. The van der Waals surface area contributed by atoms with E-state index in [2.05, 4.69) is 5.32 Å². The average molecular weight is 626 g/mol. The number of anilines is 1. The van der Waals surface area contributed by atoms with Crippen molar-refractivity contribution in [3.05, 3.63) is 88.9 Å². The van der Waals surface area contributed by atoms with Crippen LogP contribution in [0.1, 0.15) is 57.1 Å². The van der Waals surface area contributed by atoms with Crippen molar-refractivity contribution in [1.29, 1.82) is 0 Å². The Morgan fingerprint density at radius 1 is 0.977 bits per heavy atom. The molecule has 0 aliphatic heterocycles. The van der Waals surface area contributed by atoms with E-state index in [0.29, 0.717) is 17.4 Å². The number of nitrogens with one attached hydrogen (secondary N) is 1. The molecule has 0 unspecified atom stereocenters. The smallest absolute Gasteiger partial charge is 0.264 e. The van der Waals surface area contributed by atoms with Gasteiger partial charge in [-0.3, -0.25) is 13.9 Å². The molecule has 43 heavy (non-hydrogen) atoms. The summed E-state index contributed by atoms with van der Waals surface area (Å²) in [7, 11) is -4.24. The highest BCUT2D eigenvalue weighted by Crippen LogP contribution is 2.33. The maximum absolute atomic E-state index is 14.2. The van der Waals surface area contributed by atoms with Crippen LogP contribution in [-0.2, 0) is 26.2 Å². The van der Waals surface area contributed by atoms with E-state index in [1.165, 1.54) is 29.2 Å². The number of halogens is 1. The van der Waals surface area contributed by atoms with Crippen LogP contribution in [0, 0.1) is 6.92 Å². The largest absolute Gasteiger partial charge is 0.492 e. The van der Waals surface area contributed by atoms with Crippen LogP contribution < -0.4 is 14.4 Å². The Morgan fingerprint density at radius 2 is 1.63 bits per heavy atom. The van der Waals surface area contributed by atoms with Crippen molar-refractivity contribution < 1.29 is 22.7 Å². The first kappa shape index (κ1) is 32.4. The fourth-order valence-electron chi connectivity index (χ4n) is 5.23. The molecule has 0 spiro atoms. The van der Waals surface area contributed by atoms with Gasteiger partial charge in [-0.25, -0.2) is 8.42 Å². The Hall–Kier alpha value is -3.56. The van der Waals surface area contributed by atoms with Crippen molar-refractivity contribution in [3.63, 3.8) is 0 Å². The number of ether oxygens (including phenoxy) is 1. The number of sulfonamides is 1. The highest BCUT2D eigenvalue weighted by atomic mass is 35.5. The second-order valence-corrected chi connectivity index (χ2v) is 13.2. The van der Waals surface area contributed by atoms with Gasteiger partial charge in [0, 0.05) is 17.6 Å². The number of carbonyl (C=O) groups is 2. The lowest BCUT2D eigenvalue weighted by Gasteiger charge is -2.33. The topological polar surface area (TPSA) is 96.0 Å². The van der Waals surface area contributed by atoms with Crippen LogP contribution in [0.3, 0.4) is 0 Å². The minimum atomic E-state index is -4.24. The van der Waals surface area contributed by atoms with Crippen molar-refractivity contribution in [2.45, 2.75) is 76.4 Å². The number of amides is 2. The molecule has 0 heterocycles. The normalized spacial score (nSPS) is 14.5. The molecule has 8 nitrogen and oxygen atoms in total. The van der Waals surface area contributed by atoms with Crippen LogP contribution >= 0.6 is 11.6 Å². The first-order chi connectivity index (χ1) is 20.6. The summed E-state index contributed by atoms with van der Waals surface area (Å²) >= 11 is 6.04. The van der Waals surface area contributed by atoms with Gasteiger partial charge in [-0.15, -0.1) is 0 Å². The lowest BCUT2D eigenvalue weighted by molar-refractivity contribution is -0.139. The molecule has 0 saturated heterocycles. The van der Waals surface area contributed by atoms with E-state index >= 15 is 0 Å². The zero-order valence-corrected chi connectivity index (χ0v) is 26.5. The van der Waals surface area contributed by atoms with E-state index in [1.54, 1.807) is 38.1 Å². The van der Waals surface area contributed by atoms with Crippen molar-refractivity contribution in [2.75, 3.05) is 17.5 Å². The molecule has 0 bridgehead atoms. The predicted molar refractivity (Wildman–Crippen MR) is 170 cm³/mol. The minimum absolute atomic E-state index is 0.0239. The molecule has 1 saturated carbocycles. The Kier molecular flexibility index (Phi) is 11.1. The van der Waals surface area contributed by atoms with Gasteiger partial charge in [0.2, 0.25) is 11.8 Å². The van der Waals surface area contributed by atoms with Gasteiger partial charge in [0.1, 0.15) is 18.3 Å². The number of rotatable bonds is 12. The molecule has 3 aromatic carbocycles. The lowest BCUT2D eigenvalue weighted by Crippen LogP contribution is -2.53. The molecule has 0 aromatic heterocycles. The standard InChI is InChI=1S/C33H40ClN3O5S/c1-4-42-31-13-9-8-12-30(31)37(43(40,41)29-20-18-27(34)19-21-29)23-32(38)36(22-26-16-14-24(2)15-17-26)25(3)33(39)35-28-10-6-5-7-11-28/h8-9,12-21,25,28H,4-7,10-11,22-23H2,1-3H3,(H,35,39)/t25-/m1/s1. The van der Waals surface area contributed by atoms with Crippen LogP contribution in [0.25, 0.3) is 0 Å². The SMILES string of the molecule is CCOc1ccccc1N(CC(=O)N(Cc1ccc(C)cc1)[C@H](C)C(=O)NC1CCCCC1)S(=O)(=O)c1ccc(Cl)cc1. The molecule has 4 rings (SSSR count). The van der Waals surface area contributed by atoms with Crippen molar-refractivity contribution in [3.8, 4) is 5.75 Å². The monoisotopic (exact) mass is 625 g/mol. The number of para-hydroxylation sites is 2. The van der Waals surface area contributed by atoms with E-state index in [9.17, 15) is 18.0 Å². The molecular formula is C33H40ClN3O5S. The maximum Gasteiger partial charge on any atom is 0.264 e. The molecule has 1 N–H and O–H groups in total. The van der Waals surface area contributed by atoms with E-state index in [1.807, 2.05) is 31.2 Å². The van der Waals surface area contributed by atoms with Gasteiger partial charge >= 0.3 is 0 Å². The average Bonchev–Trinajstić information content (AvgIpc) is 3.00. The van der Waals surface area contributed by atoms with E-state index in [4.69, 9.17) is 16.3 Å². The van der Waals surface area contributed by atoms with Crippen molar-refractivity contribution in [1.82, 2.24) is 10.2 Å². The molecule has 1 aliphatic carbocycles. The predicted octanol–water partition coefficient (Wildman–Crippen LogP) is 6.11. The van der Waals surface area contributed by atoms with Crippen LogP contribution in [0.15, 0.2) is 77.7 Å². The molecule has 3 aromatic rings. The van der Waals surface area contributed by atoms with Crippen molar-refractivity contribution in [2.24, 2.45) is 0 Å². The molecule has 0 radical (unpaired) electrons. The fourth-order valence-corrected chi connectivity index (χ4v) is 6.78. The Bertz CT molecular complexity index is 1490. The van der Waals surface area contributed by atoms with Gasteiger partial charge in [-0.1, -0.05) is 72.8 Å². The number of hydrogen-bond donors (Lipinski definition) is 1. The summed E-state index contributed by atoms with van der Waals surface area (Å²) in [5, 5.41) is 3.51. The number of benzene rings is 3. The van der Waals surface area contributed by atoms with Gasteiger partial charge in [0.05, 0.1) is 17.2 Å². The number of carbonyl (C=O) groups excluding carboxylic acids is 2. The molecule has 1 fully saturated rings. The number of hydrogen-bond acceptors (Lipinski definition) is 5. The molecule has 230 valence electrons. The second-order valence-electron chi connectivity index (χ2n) is 10.9. The lowest BCUT2D eigenvalue weighted by atomic mass is 9.95. The maximum atomic E-state index is 14.2. The van der Waals surface area contributed by atoms with Gasteiger partial charge in [-0.2, -0.15) is 0 Å². The molecule has 10 heteroatoms. The third-order valence-corrected chi connectivity index (χ3v) is 9.73. The second kappa shape index (κ2) is 14.8. The first-order valence-corrected chi connectivity index (χ1v) is 16.6. The third-order valence-electron chi connectivity index (χ3n) is 7.71. The third kappa shape index (κ3) is 8.30. The Labute approximate surface area is 260 Å². The van der Waals surface area contributed by atoms with Crippen LogP contribution in [0.2, 0.25) is 5.02 Å². The van der Waals surface area contributed by atoms with Gasteiger partial charge in [0.15, 0.2) is 0 Å². The zero-order valence-electron chi connectivity index (χ0n) is 25.0. The Morgan fingerprint density at radius 3 is 2.28 bits per heavy atom. The summed E-state index contributed by atoms with van der Waals surface area (Å²) in [6.07, 6.45) is 5.09. The van der Waals surface area contributed by atoms with Crippen LogP contribution in [-0.4, -0.2) is 50.4 Å². The zero-order chi connectivity index (χ0) is 31.0. The highest BCUT2D eigenvalue weighted by Gasteiger charge is 2.34. The number of nitrogens with zero attached hydrogens (tertiary/aromatic N) is 2. The molecule has 1 atom stereocenters. The Balaban J connectivity index is 1.71. The summed E-state index contributed by atoms with van der Waals surface area (Å²) in [5.74, 6) is -0.451. The molecule has 2 amide bonds. The summed E-state index contributed by atoms with van der Waals surface area (Å²) in [4.78, 5) is 29.1. The summed E-state index contributed by atoms with van der Waals surface area (Å²) in [6.45, 7) is 5.37. The fraction of sp³-hybridized carbons (Fsp3) is 0.394. The molecular weight excluding hydrogens is 586 g/mol. The summed E-state index contributed by atoms with van der Waals surface area (Å²) in [5.41, 5.74) is 2.12. The van der Waals surface area contributed by atoms with Gasteiger partial charge in [-0.05, 0) is 75.6 Å². The van der Waals surface area contributed by atoms with Gasteiger partial charge in [0.25, 0.3) is 10.0 Å². The van der Waals surface area contributed by atoms with E-state index in [0.717, 1.165) is 47.5 Å². The summed E-state index contributed by atoms with van der Waals surface area (Å²) < 4.78 is 35.0. The van der Waals surface area contributed by atoms with E-state index < -0.39 is 28.5 Å². The minimum Gasteiger partial charge on any atom is -0.492 e. The van der Waals surface area contributed by atoms with Crippen LogP contribution in [0.4, 0.5) is 5.69 Å². The van der Waals surface area contributed by atoms with Gasteiger partial charge < -0.3 is 15.0 Å². The first-order valence-electron chi connectivity index (χ1n) is 14.8. The van der Waals surface area contributed by atoms with Crippen molar-refractivity contribution >= 4 is 39.1 Å². The highest BCUT2D eigenvalue weighted by molar-refractivity contribution is 7.92. The summed E-state index contributed by atoms with van der Waals surface area (Å²) in [6, 6.07) is 19.4. The molecule has 1 aliphatic rings. The van der Waals surface area contributed by atoms with Crippen LogP contribution in [0.5, 0.6) is 5.75 Å². The number of aryl methyl sites for hydroxylation is 1.